The Morgan fingerprint density at radius 2 is 2.15 bits per heavy atom. The minimum atomic E-state index is -0.0300. The van der Waals surface area contributed by atoms with E-state index in [1.165, 1.54) is 6.21 Å². The van der Waals surface area contributed by atoms with Crippen molar-refractivity contribution in [2.45, 2.75) is 26.2 Å². The van der Waals surface area contributed by atoms with Gasteiger partial charge in [-0.05, 0) is 12.1 Å². The van der Waals surface area contributed by atoms with Crippen LogP contribution in [-0.4, -0.2) is 16.4 Å². The van der Waals surface area contributed by atoms with Crippen molar-refractivity contribution in [2.24, 2.45) is 5.16 Å². The van der Waals surface area contributed by atoms with Gasteiger partial charge in [0.25, 0.3) is 0 Å². The zero-order valence-electron chi connectivity index (χ0n) is 8.15. The maximum absolute atomic E-state index is 8.45. The molecule has 13 heavy (non-hydrogen) atoms. The second kappa shape index (κ2) is 3.56. The summed E-state index contributed by atoms with van der Waals surface area (Å²) >= 11 is 0. The average molecular weight is 178 g/mol. The van der Waals surface area contributed by atoms with Crippen LogP contribution in [0.2, 0.25) is 0 Å². The third kappa shape index (κ3) is 2.28. The van der Waals surface area contributed by atoms with Gasteiger partial charge < -0.3 is 5.21 Å². The van der Waals surface area contributed by atoms with E-state index in [1.54, 1.807) is 6.20 Å². The predicted octanol–water partition coefficient (Wildman–Crippen LogP) is 2.19. The molecule has 1 N–H and O–H groups in total. The van der Waals surface area contributed by atoms with E-state index < -0.39 is 0 Å². The highest BCUT2D eigenvalue weighted by Gasteiger charge is 2.18. The Morgan fingerprint density at radius 1 is 1.46 bits per heavy atom. The van der Waals surface area contributed by atoms with Gasteiger partial charge in [0.05, 0.1) is 11.9 Å². The zero-order chi connectivity index (χ0) is 9.90. The molecule has 0 amide bonds. The third-order valence-corrected chi connectivity index (χ3v) is 1.75. The van der Waals surface area contributed by atoms with Gasteiger partial charge in [0.1, 0.15) is 0 Å². The van der Waals surface area contributed by atoms with Crippen molar-refractivity contribution in [1.82, 2.24) is 4.98 Å². The Balaban J connectivity index is 3.20. The van der Waals surface area contributed by atoms with E-state index >= 15 is 0 Å². The van der Waals surface area contributed by atoms with Crippen LogP contribution in [0, 0.1) is 0 Å². The van der Waals surface area contributed by atoms with Crippen molar-refractivity contribution in [3.05, 3.63) is 29.6 Å². The summed E-state index contributed by atoms with van der Waals surface area (Å²) in [6, 6.07) is 3.71. The minimum absolute atomic E-state index is 0.0300. The molecule has 0 atom stereocenters. The van der Waals surface area contributed by atoms with Crippen molar-refractivity contribution < 1.29 is 5.21 Å². The summed E-state index contributed by atoms with van der Waals surface area (Å²) < 4.78 is 0. The van der Waals surface area contributed by atoms with E-state index in [0.29, 0.717) is 0 Å². The molecule has 0 aliphatic heterocycles. The first-order valence-electron chi connectivity index (χ1n) is 4.18. The molecule has 0 radical (unpaired) electrons. The average Bonchev–Trinajstić information content (AvgIpc) is 2.04. The molecule has 70 valence electrons. The molecular formula is C10H14N2O. The van der Waals surface area contributed by atoms with Gasteiger partial charge in [-0.3, -0.25) is 4.98 Å². The number of hydrogen-bond donors (Lipinski definition) is 1. The number of oxime groups is 1. The molecule has 1 aromatic heterocycles. The van der Waals surface area contributed by atoms with Crippen molar-refractivity contribution in [3.63, 3.8) is 0 Å². The molecule has 3 nitrogen and oxygen atoms in total. The first-order chi connectivity index (χ1) is 6.05. The lowest BCUT2D eigenvalue weighted by Gasteiger charge is -2.19. The number of pyridine rings is 1. The summed E-state index contributed by atoms with van der Waals surface area (Å²) in [6.07, 6.45) is 3.16. The first-order valence-corrected chi connectivity index (χ1v) is 4.18. The summed E-state index contributed by atoms with van der Waals surface area (Å²) in [4.78, 5) is 4.27. The molecule has 0 fully saturated rings. The Bertz CT molecular complexity index is 313. The summed E-state index contributed by atoms with van der Waals surface area (Å²) in [5, 5.41) is 11.5. The fourth-order valence-electron chi connectivity index (χ4n) is 1.21. The fraction of sp³-hybridized carbons (Fsp3) is 0.400. The summed E-state index contributed by atoms with van der Waals surface area (Å²) in [7, 11) is 0. The lowest BCUT2D eigenvalue weighted by molar-refractivity contribution is 0.321. The van der Waals surface area contributed by atoms with Crippen LogP contribution in [0.1, 0.15) is 32.0 Å². The van der Waals surface area contributed by atoms with E-state index in [-0.39, 0.29) is 5.41 Å². The summed E-state index contributed by atoms with van der Waals surface area (Å²) in [5.41, 5.74) is 1.77. The molecule has 0 spiro atoms. The number of hydrogen-bond acceptors (Lipinski definition) is 3. The lowest BCUT2D eigenvalue weighted by atomic mass is 9.89. The minimum Gasteiger partial charge on any atom is -0.411 e. The predicted molar refractivity (Wildman–Crippen MR) is 52.3 cm³/mol. The van der Waals surface area contributed by atoms with Gasteiger partial charge in [-0.2, -0.15) is 0 Å². The van der Waals surface area contributed by atoms with Gasteiger partial charge in [0.2, 0.25) is 0 Å². The topological polar surface area (TPSA) is 45.5 Å². The highest BCUT2D eigenvalue weighted by molar-refractivity contribution is 5.80. The van der Waals surface area contributed by atoms with E-state index in [0.717, 1.165) is 11.3 Å². The Hall–Kier alpha value is -1.38. The fourth-order valence-corrected chi connectivity index (χ4v) is 1.21. The molecule has 0 aliphatic carbocycles. The smallest absolute Gasteiger partial charge is 0.0752 e. The van der Waals surface area contributed by atoms with Crippen LogP contribution in [-0.2, 0) is 5.41 Å². The van der Waals surface area contributed by atoms with Crippen LogP contribution >= 0.6 is 0 Å². The SMILES string of the molecule is CC(C)(C)c1ncccc1/C=N/O. The van der Waals surface area contributed by atoms with Crippen LogP contribution in [0.5, 0.6) is 0 Å². The quantitative estimate of drug-likeness (QED) is 0.407. The van der Waals surface area contributed by atoms with Gasteiger partial charge in [0.15, 0.2) is 0 Å². The number of aromatic nitrogens is 1. The molecule has 0 saturated heterocycles. The zero-order valence-corrected chi connectivity index (χ0v) is 8.15. The van der Waals surface area contributed by atoms with Crippen molar-refractivity contribution in [3.8, 4) is 0 Å². The van der Waals surface area contributed by atoms with Crippen LogP contribution in [0.25, 0.3) is 0 Å². The van der Waals surface area contributed by atoms with E-state index in [1.807, 2.05) is 12.1 Å². The molecule has 0 saturated carbocycles. The monoisotopic (exact) mass is 178 g/mol. The Morgan fingerprint density at radius 3 is 2.69 bits per heavy atom. The first kappa shape index (κ1) is 9.71. The lowest BCUT2D eigenvalue weighted by Crippen LogP contribution is -2.16. The van der Waals surface area contributed by atoms with Gasteiger partial charge in [-0.15, -0.1) is 0 Å². The second-order valence-electron chi connectivity index (χ2n) is 3.94. The Labute approximate surface area is 78.1 Å². The van der Waals surface area contributed by atoms with E-state index in [2.05, 4.69) is 30.9 Å². The van der Waals surface area contributed by atoms with Crippen molar-refractivity contribution in [1.29, 1.82) is 0 Å². The van der Waals surface area contributed by atoms with Crippen LogP contribution in [0.15, 0.2) is 23.5 Å². The second-order valence-corrected chi connectivity index (χ2v) is 3.94. The highest BCUT2D eigenvalue weighted by atomic mass is 16.4. The summed E-state index contributed by atoms with van der Waals surface area (Å²) in [6.45, 7) is 6.22. The molecule has 0 unspecified atom stereocenters. The number of rotatable bonds is 1. The van der Waals surface area contributed by atoms with Crippen LogP contribution in [0.4, 0.5) is 0 Å². The maximum atomic E-state index is 8.45. The molecule has 0 bridgehead atoms. The van der Waals surface area contributed by atoms with Crippen LogP contribution < -0.4 is 0 Å². The molecular weight excluding hydrogens is 164 g/mol. The molecule has 0 aromatic carbocycles. The molecule has 3 heteroatoms. The maximum Gasteiger partial charge on any atom is 0.0752 e. The van der Waals surface area contributed by atoms with Crippen molar-refractivity contribution in [2.75, 3.05) is 0 Å². The third-order valence-electron chi connectivity index (χ3n) is 1.75. The molecule has 1 aromatic rings. The van der Waals surface area contributed by atoms with E-state index in [4.69, 9.17) is 5.21 Å². The normalized spacial score (nSPS) is 12.2. The standard InChI is InChI=1S/C10H14N2O/c1-10(2,3)9-8(7-12-13)5-4-6-11-9/h4-7,13H,1-3H3/b12-7+. The Kier molecular flexibility index (Phi) is 2.66. The van der Waals surface area contributed by atoms with Crippen LogP contribution in [0.3, 0.4) is 0 Å². The van der Waals surface area contributed by atoms with E-state index in [9.17, 15) is 0 Å². The van der Waals surface area contributed by atoms with Crippen molar-refractivity contribution >= 4 is 6.21 Å². The molecule has 1 heterocycles. The van der Waals surface area contributed by atoms with Gasteiger partial charge in [0, 0.05) is 17.2 Å². The van der Waals surface area contributed by atoms with Gasteiger partial charge >= 0.3 is 0 Å². The summed E-state index contributed by atoms with van der Waals surface area (Å²) in [5.74, 6) is 0. The molecule has 1 rings (SSSR count). The van der Waals surface area contributed by atoms with Gasteiger partial charge in [-0.25, -0.2) is 0 Å². The number of nitrogens with zero attached hydrogens (tertiary/aromatic N) is 2. The molecule has 0 aliphatic rings. The highest BCUT2D eigenvalue weighted by Crippen LogP contribution is 2.22. The largest absolute Gasteiger partial charge is 0.411 e. The van der Waals surface area contributed by atoms with Gasteiger partial charge in [-0.1, -0.05) is 25.9 Å².